The molecule has 0 aromatic carbocycles. The van der Waals surface area contributed by atoms with Gasteiger partial charge in [-0.05, 0) is 13.0 Å². The molecule has 2 heterocycles. The van der Waals surface area contributed by atoms with Crippen LogP contribution in [-0.4, -0.2) is 32.3 Å². The molecule has 0 saturated heterocycles. The Balaban J connectivity index is 2.11. The molecule has 0 N–H and O–H groups in total. The van der Waals surface area contributed by atoms with Gasteiger partial charge in [0.05, 0.1) is 18.5 Å². The van der Waals surface area contributed by atoms with Crippen LogP contribution in [0.25, 0.3) is 0 Å². The fraction of sp³-hybridized carbons (Fsp3) is 0.333. The minimum Gasteiger partial charge on any atom is -0.462 e. The van der Waals surface area contributed by atoms with Gasteiger partial charge in [0.15, 0.2) is 5.16 Å². The fourth-order valence-electron chi connectivity index (χ4n) is 1.51. The van der Waals surface area contributed by atoms with Crippen molar-refractivity contribution in [3.8, 4) is 0 Å². The van der Waals surface area contributed by atoms with Gasteiger partial charge in [0.25, 0.3) is 0 Å². The van der Waals surface area contributed by atoms with E-state index in [2.05, 4.69) is 15.1 Å². The summed E-state index contributed by atoms with van der Waals surface area (Å²) in [5, 5.41) is 4.76. The molecule has 19 heavy (non-hydrogen) atoms. The molecule has 0 unspecified atom stereocenters. The molecule has 7 heteroatoms. The minimum atomic E-state index is -0.347. The lowest BCUT2D eigenvalue weighted by atomic mass is 10.3. The molecule has 0 radical (unpaired) electrons. The van der Waals surface area contributed by atoms with Gasteiger partial charge in [-0.3, -0.25) is 4.68 Å². The van der Waals surface area contributed by atoms with Gasteiger partial charge in [-0.1, -0.05) is 11.8 Å². The zero-order chi connectivity index (χ0) is 13.7. The van der Waals surface area contributed by atoms with Crippen molar-refractivity contribution in [1.82, 2.24) is 19.7 Å². The molecule has 2 rings (SSSR count). The second kappa shape index (κ2) is 6.33. The number of thioether (sulfide) groups is 1. The standard InChI is InChI=1S/C12H14N4O2S/c1-3-18-11(17)9-7-15-16(2)10(9)8-19-12-13-5-4-6-14-12/h4-7H,3,8H2,1-2H3. The summed E-state index contributed by atoms with van der Waals surface area (Å²) in [5.74, 6) is 0.217. The Hall–Kier alpha value is -1.89. The normalized spacial score (nSPS) is 10.4. The van der Waals surface area contributed by atoms with Gasteiger partial charge in [-0.15, -0.1) is 0 Å². The molecule has 0 aliphatic rings. The number of hydrogen-bond donors (Lipinski definition) is 0. The molecule has 0 spiro atoms. The van der Waals surface area contributed by atoms with Gasteiger partial charge in [-0.2, -0.15) is 5.10 Å². The Morgan fingerprint density at radius 3 is 2.84 bits per heavy atom. The third-order valence-corrected chi connectivity index (χ3v) is 3.32. The third-order valence-electron chi connectivity index (χ3n) is 2.44. The highest BCUT2D eigenvalue weighted by atomic mass is 32.2. The largest absolute Gasteiger partial charge is 0.462 e. The van der Waals surface area contributed by atoms with E-state index >= 15 is 0 Å². The van der Waals surface area contributed by atoms with Crippen molar-refractivity contribution in [2.75, 3.05) is 6.61 Å². The molecule has 0 saturated carbocycles. The molecule has 0 aliphatic carbocycles. The van der Waals surface area contributed by atoms with Crippen LogP contribution in [0.5, 0.6) is 0 Å². The first kappa shape index (κ1) is 13.5. The molecule has 0 aliphatic heterocycles. The average Bonchev–Trinajstić information content (AvgIpc) is 2.79. The molecule has 0 fully saturated rings. The summed E-state index contributed by atoms with van der Waals surface area (Å²) in [6.45, 7) is 2.13. The quantitative estimate of drug-likeness (QED) is 0.471. The zero-order valence-corrected chi connectivity index (χ0v) is 11.6. The lowest BCUT2D eigenvalue weighted by Gasteiger charge is -2.05. The third kappa shape index (κ3) is 3.31. The van der Waals surface area contributed by atoms with Gasteiger partial charge in [-0.25, -0.2) is 14.8 Å². The monoisotopic (exact) mass is 278 g/mol. The Morgan fingerprint density at radius 2 is 2.16 bits per heavy atom. The Bertz CT molecular complexity index is 556. The van der Waals surface area contributed by atoms with Crippen LogP contribution in [0.2, 0.25) is 0 Å². The first-order valence-corrected chi connectivity index (χ1v) is 6.78. The van der Waals surface area contributed by atoms with Crippen LogP contribution in [0.4, 0.5) is 0 Å². The van der Waals surface area contributed by atoms with E-state index in [0.717, 1.165) is 5.69 Å². The summed E-state index contributed by atoms with van der Waals surface area (Å²) >= 11 is 1.45. The topological polar surface area (TPSA) is 69.9 Å². The molecule has 6 nitrogen and oxygen atoms in total. The molecule has 2 aromatic rings. The summed E-state index contributed by atoms with van der Waals surface area (Å²) in [5.41, 5.74) is 1.30. The smallest absolute Gasteiger partial charge is 0.341 e. The van der Waals surface area contributed by atoms with Crippen molar-refractivity contribution in [1.29, 1.82) is 0 Å². The lowest BCUT2D eigenvalue weighted by molar-refractivity contribution is 0.0525. The molecular weight excluding hydrogens is 264 g/mol. The predicted molar refractivity (Wildman–Crippen MR) is 70.8 cm³/mol. The fourth-order valence-corrected chi connectivity index (χ4v) is 2.39. The number of aryl methyl sites for hydroxylation is 1. The average molecular weight is 278 g/mol. The first-order valence-electron chi connectivity index (χ1n) is 5.80. The van der Waals surface area contributed by atoms with Crippen molar-refractivity contribution in [2.45, 2.75) is 17.8 Å². The molecular formula is C12H14N4O2S. The lowest BCUT2D eigenvalue weighted by Crippen LogP contribution is -2.08. The van der Waals surface area contributed by atoms with Crippen molar-refractivity contribution in [3.63, 3.8) is 0 Å². The van der Waals surface area contributed by atoms with Crippen molar-refractivity contribution in [3.05, 3.63) is 35.9 Å². The maximum absolute atomic E-state index is 11.8. The molecule has 2 aromatic heterocycles. The van der Waals surface area contributed by atoms with Gasteiger partial charge < -0.3 is 4.74 Å². The summed E-state index contributed by atoms with van der Waals surface area (Å²) < 4.78 is 6.67. The second-order valence-corrected chi connectivity index (χ2v) is 4.61. The SMILES string of the molecule is CCOC(=O)c1cnn(C)c1CSc1ncccn1. The van der Waals surface area contributed by atoms with Crippen LogP contribution in [0, 0.1) is 0 Å². The first-order chi connectivity index (χ1) is 9.22. The summed E-state index contributed by atoms with van der Waals surface area (Å²) in [7, 11) is 1.80. The molecule has 0 amide bonds. The van der Waals surface area contributed by atoms with E-state index in [-0.39, 0.29) is 5.97 Å². The van der Waals surface area contributed by atoms with E-state index in [1.165, 1.54) is 18.0 Å². The van der Waals surface area contributed by atoms with Gasteiger partial charge >= 0.3 is 5.97 Å². The highest BCUT2D eigenvalue weighted by molar-refractivity contribution is 7.98. The highest BCUT2D eigenvalue weighted by Gasteiger charge is 2.17. The van der Waals surface area contributed by atoms with Crippen LogP contribution in [-0.2, 0) is 17.5 Å². The van der Waals surface area contributed by atoms with E-state index in [1.54, 1.807) is 37.1 Å². The molecule has 100 valence electrons. The van der Waals surface area contributed by atoms with E-state index in [4.69, 9.17) is 4.74 Å². The highest BCUT2D eigenvalue weighted by Crippen LogP contribution is 2.21. The maximum atomic E-state index is 11.8. The number of rotatable bonds is 5. The number of nitrogens with zero attached hydrogens (tertiary/aromatic N) is 4. The van der Waals surface area contributed by atoms with Gasteiger partial charge in [0, 0.05) is 25.2 Å². The molecule has 0 atom stereocenters. The number of hydrogen-bond acceptors (Lipinski definition) is 6. The Labute approximate surface area is 115 Å². The summed E-state index contributed by atoms with van der Waals surface area (Å²) in [6.07, 6.45) is 4.90. The van der Waals surface area contributed by atoms with Gasteiger partial charge in [0.2, 0.25) is 0 Å². The maximum Gasteiger partial charge on any atom is 0.341 e. The van der Waals surface area contributed by atoms with Crippen LogP contribution in [0.15, 0.2) is 29.8 Å². The second-order valence-electron chi connectivity index (χ2n) is 3.67. The Morgan fingerprint density at radius 1 is 1.42 bits per heavy atom. The number of aromatic nitrogens is 4. The number of esters is 1. The van der Waals surface area contributed by atoms with Crippen LogP contribution < -0.4 is 0 Å². The predicted octanol–water partition coefficient (Wildman–Crippen LogP) is 1.68. The summed E-state index contributed by atoms with van der Waals surface area (Å²) in [6, 6.07) is 1.76. The molecule has 0 bridgehead atoms. The van der Waals surface area contributed by atoms with E-state index in [0.29, 0.717) is 23.1 Å². The zero-order valence-electron chi connectivity index (χ0n) is 10.7. The van der Waals surface area contributed by atoms with Crippen LogP contribution >= 0.6 is 11.8 Å². The number of carbonyl (C=O) groups is 1. The number of carbonyl (C=O) groups excluding carboxylic acids is 1. The van der Waals surface area contributed by atoms with Gasteiger partial charge in [0.1, 0.15) is 5.56 Å². The number of ether oxygens (including phenoxy) is 1. The van der Waals surface area contributed by atoms with Crippen molar-refractivity contribution < 1.29 is 9.53 Å². The van der Waals surface area contributed by atoms with E-state index < -0.39 is 0 Å². The van der Waals surface area contributed by atoms with Crippen molar-refractivity contribution in [2.24, 2.45) is 7.05 Å². The minimum absolute atomic E-state index is 0.347. The van der Waals surface area contributed by atoms with Crippen LogP contribution in [0.3, 0.4) is 0 Å². The van der Waals surface area contributed by atoms with E-state index in [9.17, 15) is 4.79 Å². The van der Waals surface area contributed by atoms with Crippen molar-refractivity contribution >= 4 is 17.7 Å². The van der Waals surface area contributed by atoms with Crippen LogP contribution in [0.1, 0.15) is 23.0 Å². The van der Waals surface area contributed by atoms with E-state index in [1.807, 2.05) is 0 Å². The Kier molecular flexibility index (Phi) is 4.51. The summed E-state index contributed by atoms with van der Waals surface area (Å²) in [4.78, 5) is 20.0.